The maximum Gasteiger partial charge on any atom is 0.409 e. The number of alkyl halides is 3. The average Bonchev–Trinajstić information content (AvgIpc) is 2.73. The monoisotopic (exact) mass is 300 g/mol. The average molecular weight is 300 g/mol. The highest BCUT2D eigenvalue weighted by Crippen LogP contribution is 2.38. The van der Waals surface area contributed by atoms with Crippen molar-refractivity contribution in [1.82, 2.24) is 10.4 Å². The molecule has 1 heterocycles. The summed E-state index contributed by atoms with van der Waals surface area (Å²) in [4.78, 5) is 11.2. The Morgan fingerprint density at radius 3 is 2.10 bits per heavy atom. The van der Waals surface area contributed by atoms with Crippen LogP contribution in [0.4, 0.5) is 13.2 Å². The number of halogens is 3. The van der Waals surface area contributed by atoms with Crippen LogP contribution in [0, 0.1) is 0 Å². The second kappa shape index (κ2) is 5.33. The second-order valence-corrected chi connectivity index (χ2v) is 6.29. The number of hydrogen-bond acceptors (Lipinski definition) is 2. The summed E-state index contributed by atoms with van der Waals surface area (Å²) in [5, 5.41) is 0.967. The summed E-state index contributed by atoms with van der Waals surface area (Å²) in [6.07, 6.45) is -4.35. The van der Waals surface area contributed by atoms with E-state index in [4.69, 9.17) is 0 Å². The highest BCUT2D eigenvalue weighted by atomic mass is 19.4. The predicted molar refractivity (Wildman–Crippen MR) is 73.4 cm³/mol. The van der Waals surface area contributed by atoms with Gasteiger partial charge in [-0.05, 0) is 16.5 Å². The van der Waals surface area contributed by atoms with Crippen molar-refractivity contribution in [3.05, 3.63) is 35.4 Å². The Morgan fingerprint density at radius 1 is 1.14 bits per heavy atom. The van der Waals surface area contributed by atoms with Crippen molar-refractivity contribution in [3.8, 4) is 0 Å². The van der Waals surface area contributed by atoms with Crippen molar-refractivity contribution in [2.75, 3.05) is 6.54 Å². The molecule has 1 atom stereocenters. The van der Waals surface area contributed by atoms with Crippen LogP contribution in [0.5, 0.6) is 0 Å². The van der Waals surface area contributed by atoms with E-state index in [9.17, 15) is 18.0 Å². The summed E-state index contributed by atoms with van der Waals surface area (Å²) in [6, 6.07) is 4.60. The van der Waals surface area contributed by atoms with E-state index < -0.39 is 12.2 Å². The third-order valence-corrected chi connectivity index (χ3v) is 3.56. The molecule has 0 aromatic heterocycles. The number of rotatable bonds is 2. The predicted octanol–water partition coefficient (Wildman–Crippen LogP) is 3.32. The molecule has 0 saturated carbocycles. The molecule has 1 aromatic rings. The Balaban J connectivity index is 2.32. The molecule has 116 valence electrons. The minimum atomic E-state index is -4.44. The maximum absolute atomic E-state index is 13.3. The molecule has 1 N–H and O–H groups in total. The number of carbonyl (C=O) groups is 1. The smallest absolute Gasteiger partial charge is 0.288 e. The van der Waals surface area contributed by atoms with Crippen LogP contribution in [-0.4, -0.2) is 23.6 Å². The molecule has 1 aliphatic rings. The molecule has 1 aromatic carbocycles. The SMILES string of the molecule is CC(C)(C)c1ccc([C@H](N2CCC(=O)N2)C(F)(F)F)cc1. The summed E-state index contributed by atoms with van der Waals surface area (Å²) in [6.45, 7) is 6.07. The molecular formula is C15H19F3N2O. The van der Waals surface area contributed by atoms with Gasteiger partial charge in [-0.25, -0.2) is 5.01 Å². The van der Waals surface area contributed by atoms with Gasteiger partial charge >= 0.3 is 6.18 Å². The largest absolute Gasteiger partial charge is 0.409 e. The third-order valence-electron chi connectivity index (χ3n) is 3.56. The molecule has 6 heteroatoms. The Bertz CT molecular complexity index is 517. The van der Waals surface area contributed by atoms with E-state index in [0.29, 0.717) is 0 Å². The first kappa shape index (κ1) is 15.8. The van der Waals surface area contributed by atoms with Gasteiger partial charge < -0.3 is 0 Å². The lowest BCUT2D eigenvalue weighted by Gasteiger charge is -2.29. The van der Waals surface area contributed by atoms with Crippen molar-refractivity contribution in [2.45, 2.75) is 44.8 Å². The molecule has 0 aliphatic carbocycles. The quantitative estimate of drug-likeness (QED) is 0.908. The van der Waals surface area contributed by atoms with E-state index in [2.05, 4.69) is 5.43 Å². The molecule has 3 nitrogen and oxygen atoms in total. The van der Waals surface area contributed by atoms with E-state index in [1.807, 2.05) is 20.8 Å². The van der Waals surface area contributed by atoms with Crippen molar-refractivity contribution < 1.29 is 18.0 Å². The normalized spacial score (nSPS) is 18.7. The van der Waals surface area contributed by atoms with Gasteiger partial charge in [-0.15, -0.1) is 0 Å². The number of benzene rings is 1. The van der Waals surface area contributed by atoms with E-state index >= 15 is 0 Å². The van der Waals surface area contributed by atoms with Gasteiger partial charge in [-0.2, -0.15) is 13.2 Å². The van der Waals surface area contributed by atoms with Crippen molar-refractivity contribution in [1.29, 1.82) is 0 Å². The van der Waals surface area contributed by atoms with Gasteiger partial charge in [-0.1, -0.05) is 45.0 Å². The standard InChI is InChI=1S/C15H19F3N2O/c1-14(2,3)11-6-4-10(5-7-11)13(15(16,17)18)20-9-8-12(21)19-20/h4-7,13H,8-9H2,1-3H3,(H,19,21)/t13-/m0/s1. The van der Waals surface area contributed by atoms with Gasteiger partial charge in [0.2, 0.25) is 5.91 Å². The molecule has 0 bridgehead atoms. The van der Waals surface area contributed by atoms with Crippen LogP contribution in [0.2, 0.25) is 0 Å². The Morgan fingerprint density at radius 2 is 1.71 bits per heavy atom. The fraction of sp³-hybridized carbons (Fsp3) is 0.533. The summed E-state index contributed by atoms with van der Waals surface area (Å²) >= 11 is 0. The lowest BCUT2D eigenvalue weighted by molar-refractivity contribution is -0.191. The number of nitrogens with zero attached hydrogens (tertiary/aromatic N) is 1. The molecule has 2 rings (SSSR count). The molecule has 1 amide bonds. The topological polar surface area (TPSA) is 32.3 Å². The zero-order valence-corrected chi connectivity index (χ0v) is 12.3. The number of carbonyl (C=O) groups excluding carboxylic acids is 1. The fourth-order valence-corrected chi connectivity index (χ4v) is 2.40. The maximum atomic E-state index is 13.3. The molecule has 0 unspecified atom stereocenters. The van der Waals surface area contributed by atoms with Gasteiger partial charge in [0.15, 0.2) is 0 Å². The van der Waals surface area contributed by atoms with Gasteiger partial charge in [0.25, 0.3) is 0 Å². The third kappa shape index (κ3) is 3.56. The Kier molecular flexibility index (Phi) is 4.02. The first-order valence-corrected chi connectivity index (χ1v) is 6.82. The van der Waals surface area contributed by atoms with Crippen LogP contribution < -0.4 is 5.43 Å². The van der Waals surface area contributed by atoms with Crippen molar-refractivity contribution in [3.63, 3.8) is 0 Å². The minimum Gasteiger partial charge on any atom is -0.288 e. The molecule has 0 radical (unpaired) electrons. The van der Waals surface area contributed by atoms with E-state index in [1.165, 1.54) is 12.1 Å². The summed E-state index contributed by atoms with van der Waals surface area (Å²) in [5.41, 5.74) is 3.27. The minimum absolute atomic E-state index is 0.0596. The summed E-state index contributed by atoms with van der Waals surface area (Å²) in [5.74, 6) is -0.379. The molecule has 1 saturated heterocycles. The second-order valence-electron chi connectivity index (χ2n) is 6.29. The number of hydrazine groups is 1. The number of hydrogen-bond donors (Lipinski definition) is 1. The Labute approximate surface area is 122 Å². The van der Waals surface area contributed by atoms with Gasteiger partial charge in [0.1, 0.15) is 6.04 Å². The van der Waals surface area contributed by atoms with Gasteiger partial charge in [0.05, 0.1) is 0 Å². The van der Waals surface area contributed by atoms with Crippen molar-refractivity contribution >= 4 is 5.91 Å². The first-order chi connectivity index (χ1) is 9.59. The first-order valence-electron chi connectivity index (χ1n) is 6.82. The van der Waals surface area contributed by atoms with E-state index in [1.54, 1.807) is 12.1 Å². The van der Waals surface area contributed by atoms with Crippen LogP contribution in [0.3, 0.4) is 0 Å². The lowest BCUT2D eigenvalue weighted by atomic mass is 9.86. The highest BCUT2D eigenvalue weighted by Gasteiger charge is 2.46. The number of nitrogens with one attached hydrogen (secondary N) is 1. The van der Waals surface area contributed by atoms with E-state index in [-0.39, 0.29) is 29.9 Å². The lowest BCUT2D eigenvalue weighted by Crippen LogP contribution is -2.43. The van der Waals surface area contributed by atoms with Crippen molar-refractivity contribution in [2.24, 2.45) is 0 Å². The van der Waals surface area contributed by atoms with Crippen LogP contribution >= 0.6 is 0 Å². The molecular weight excluding hydrogens is 281 g/mol. The fourth-order valence-electron chi connectivity index (χ4n) is 2.40. The van der Waals surface area contributed by atoms with Crippen LogP contribution in [0.25, 0.3) is 0 Å². The van der Waals surface area contributed by atoms with Crippen LogP contribution in [0.15, 0.2) is 24.3 Å². The molecule has 1 fully saturated rings. The Hall–Kier alpha value is -1.56. The van der Waals surface area contributed by atoms with Crippen LogP contribution in [-0.2, 0) is 10.2 Å². The zero-order valence-electron chi connectivity index (χ0n) is 12.3. The summed E-state index contributed by atoms with van der Waals surface area (Å²) in [7, 11) is 0. The molecule has 21 heavy (non-hydrogen) atoms. The number of amides is 1. The summed E-state index contributed by atoms with van der Waals surface area (Å²) < 4.78 is 40.0. The molecule has 1 aliphatic heterocycles. The zero-order chi connectivity index (χ0) is 15.8. The van der Waals surface area contributed by atoms with E-state index in [0.717, 1.165) is 10.6 Å². The highest BCUT2D eigenvalue weighted by molar-refractivity contribution is 5.77. The van der Waals surface area contributed by atoms with Crippen LogP contribution in [0.1, 0.15) is 44.4 Å². The van der Waals surface area contributed by atoms with Gasteiger partial charge in [0, 0.05) is 13.0 Å². The molecule has 0 spiro atoms. The van der Waals surface area contributed by atoms with Gasteiger partial charge in [-0.3, -0.25) is 10.2 Å².